The molecule has 0 aliphatic heterocycles. The first-order chi connectivity index (χ1) is 7.65. The molecule has 0 aromatic heterocycles. The summed E-state index contributed by atoms with van der Waals surface area (Å²) in [5, 5.41) is 0. The third-order valence-corrected chi connectivity index (χ3v) is 3.36. The molecule has 0 radical (unpaired) electrons. The Kier molecular flexibility index (Phi) is 3.64. The van der Waals surface area contributed by atoms with Gasteiger partial charge >= 0.3 is 0 Å². The van der Waals surface area contributed by atoms with Crippen molar-refractivity contribution in [3.63, 3.8) is 0 Å². The van der Waals surface area contributed by atoms with Gasteiger partial charge in [0.2, 0.25) is 0 Å². The maximum Gasteiger partial charge on any atom is 0.136 e. The molecule has 1 aromatic rings. The number of ether oxygens (including phenoxy) is 1. The van der Waals surface area contributed by atoms with Gasteiger partial charge in [0.25, 0.3) is 0 Å². The number of carbonyl (C=O) groups is 1. The fraction of sp³-hybridized carbons (Fsp3) is 0.462. The Morgan fingerprint density at radius 1 is 1.44 bits per heavy atom. The van der Waals surface area contributed by atoms with Crippen LogP contribution in [0, 0.1) is 6.92 Å². The standard InChI is InChI=1S/C13H15BrO2/c1-9-7-10(14)5-6-13(9)16-12-4-2-3-11(15)8-12/h5-7,12H,2-4,8H2,1H3. The molecule has 1 unspecified atom stereocenters. The summed E-state index contributed by atoms with van der Waals surface area (Å²) in [5.41, 5.74) is 1.10. The van der Waals surface area contributed by atoms with Crippen LogP contribution in [0.2, 0.25) is 0 Å². The van der Waals surface area contributed by atoms with E-state index in [4.69, 9.17) is 4.74 Å². The lowest BCUT2D eigenvalue weighted by molar-refractivity contribution is -0.122. The molecule has 0 N–H and O–H groups in total. The molecule has 3 heteroatoms. The molecule has 0 heterocycles. The van der Waals surface area contributed by atoms with Crippen molar-refractivity contribution in [2.45, 2.75) is 38.7 Å². The number of halogens is 1. The summed E-state index contributed by atoms with van der Waals surface area (Å²) in [7, 11) is 0. The lowest BCUT2D eigenvalue weighted by Gasteiger charge is -2.23. The zero-order chi connectivity index (χ0) is 11.5. The van der Waals surface area contributed by atoms with E-state index < -0.39 is 0 Å². The molecule has 16 heavy (non-hydrogen) atoms. The monoisotopic (exact) mass is 282 g/mol. The number of benzene rings is 1. The normalized spacial score (nSPS) is 20.9. The van der Waals surface area contributed by atoms with Crippen molar-refractivity contribution in [2.75, 3.05) is 0 Å². The van der Waals surface area contributed by atoms with Gasteiger partial charge in [-0.05, 0) is 43.5 Å². The number of aryl methyl sites for hydroxylation is 1. The second kappa shape index (κ2) is 5.00. The molecule has 1 saturated carbocycles. The minimum absolute atomic E-state index is 0.0705. The van der Waals surface area contributed by atoms with Gasteiger partial charge in [-0.2, -0.15) is 0 Å². The zero-order valence-electron chi connectivity index (χ0n) is 9.33. The largest absolute Gasteiger partial charge is 0.490 e. The topological polar surface area (TPSA) is 26.3 Å². The molecule has 0 saturated heterocycles. The molecule has 1 aromatic carbocycles. The Morgan fingerprint density at radius 2 is 2.25 bits per heavy atom. The fourth-order valence-corrected chi connectivity index (χ4v) is 2.49. The average Bonchev–Trinajstić information content (AvgIpc) is 2.22. The summed E-state index contributed by atoms with van der Waals surface area (Å²) < 4.78 is 6.92. The van der Waals surface area contributed by atoms with Crippen LogP contribution in [0.4, 0.5) is 0 Å². The molecule has 1 atom stereocenters. The van der Waals surface area contributed by atoms with Crippen molar-refractivity contribution in [3.05, 3.63) is 28.2 Å². The number of carbonyl (C=O) groups excluding carboxylic acids is 1. The first-order valence-electron chi connectivity index (χ1n) is 5.59. The highest BCUT2D eigenvalue weighted by Crippen LogP contribution is 2.26. The molecule has 1 aliphatic carbocycles. The van der Waals surface area contributed by atoms with Crippen molar-refractivity contribution in [3.8, 4) is 5.75 Å². The van der Waals surface area contributed by atoms with Crippen LogP contribution in [0.5, 0.6) is 5.75 Å². The minimum atomic E-state index is 0.0705. The van der Waals surface area contributed by atoms with Gasteiger partial charge in [-0.25, -0.2) is 0 Å². The van der Waals surface area contributed by atoms with Crippen LogP contribution >= 0.6 is 15.9 Å². The summed E-state index contributed by atoms with van der Waals surface area (Å²) in [6.07, 6.45) is 3.30. The van der Waals surface area contributed by atoms with Crippen LogP contribution in [0.1, 0.15) is 31.2 Å². The Bertz CT molecular complexity index is 401. The maximum absolute atomic E-state index is 11.3. The van der Waals surface area contributed by atoms with E-state index in [0.717, 1.165) is 35.0 Å². The van der Waals surface area contributed by atoms with Gasteiger partial charge in [-0.1, -0.05) is 15.9 Å². The summed E-state index contributed by atoms with van der Waals surface area (Å²) in [6, 6.07) is 5.95. The van der Waals surface area contributed by atoms with Crippen molar-refractivity contribution in [2.24, 2.45) is 0 Å². The molecule has 1 fully saturated rings. The molecule has 0 bridgehead atoms. The van der Waals surface area contributed by atoms with E-state index in [9.17, 15) is 4.79 Å². The second-order valence-corrected chi connectivity index (χ2v) is 5.20. The third-order valence-electron chi connectivity index (χ3n) is 2.87. The number of ketones is 1. The first kappa shape index (κ1) is 11.6. The lowest BCUT2D eigenvalue weighted by atomic mass is 9.96. The lowest BCUT2D eigenvalue weighted by Crippen LogP contribution is -2.25. The third kappa shape index (κ3) is 2.85. The molecule has 2 rings (SSSR count). The molecular weight excluding hydrogens is 268 g/mol. The van der Waals surface area contributed by atoms with E-state index in [-0.39, 0.29) is 6.10 Å². The van der Waals surface area contributed by atoms with E-state index in [2.05, 4.69) is 15.9 Å². The van der Waals surface area contributed by atoms with Crippen molar-refractivity contribution < 1.29 is 9.53 Å². The van der Waals surface area contributed by atoms with Crippen LogP contribution in [-0.4, -0.2) is 11.9 Å². The van der Waals surface area contributed by atoms with Crippen molar-refractivity contribution >= 4 is 21.7 Å². The quantitative estimate of drug-likeness (QED) is 0.828. The maximum atomic E-state index is 11.3. The fourth-order valence-electron chi connectivity index (χ4n) is 2.01. The molecule has 0 spiro atoms. The summed E-state index contributed by atoms with van der Waals surface area (Å²) >= 11 is 3.42. The Hall–Kier alpha value is -0.830. The molecular formula is C13H15BrO2. The first-order valence-corrected chi connectivity index (χ1v) is 6.39. The number of rotatable bonds is 2. The number of hydrogen-bond donors (Lipinski definition) is 0. The van der Waals surface area contributed by atoms with Crippen LogP contribution in [0.15, 0.2) is 22.7 Å². The van der Waals surface area contributed by atoms with E-state index in [1.54, 1.807) is 0 Å². The summed E-state index contributed by atoms with van der Waals surface area (Å²) in [6.45, 7) is 2.02. The van der Waals surface area contributed by atoms with Crippen molar-refractivity contribution in [1.29, 1.82) is 0 Å². The Morgan fingerprint density at radius 3 is 2.94 bits per heavy atom. The highest BCUT2D eigenvalue weighted by atomic mass is 79.9. The Balaban J connectivity index is 2.05. The van der Waals surface area contributed by atoms with E-state index in [1.807, 2.05) is 25.1 Å². The van der Waals surface area contributed by atoms with Gasteiger partial charge in [0, 0.05) is 17.3 Å². The number of hydrogen-bond acceptors (Lipinski definition) is 2. The van der Waals surface area contributed by atoms with Gasteiger partial charge < -0.3 is 4.74 Å². The minimum Gasteiger partial charge on any atom is -0.490 e. The highest BCUT2D eigenvalue weighted by Gasteiger charge is 2.21. The van der Waals surface area contributed by atoms with Crippen LogP contribution in [0.25, 0.3) is 0 Å². The predicted octanol–water partition coefficient (Wildman–Crippen LogP) is 3.65. The summed E-state index contributed by atoms with van der Waals surface area (Å²) in [4.78, 5) is 11.3. The number of Topliss-reactive ketones (excluding diaryl/α,β-unsaturated/α-hetero) is 1. The highest BCUT2D eigenvalue weighted by molar-refractivity contribution is 9.10. The smallest absolute Gasteiger partial charge is 0.136 e. The van der Waals surface area contributed by atoms with Gasteiger partial charge in [0.15, 0.2) is 0 Å². The molecule has 1 aliphatic rings. The van der Waals surface area contributed by atoms with E-state index >= 15 is 0 Å². The van der Waals surface area contributed by atoms with Gasteiger partial charge in [-0.15, -0.1) is 0 Å². The zero-order valence-corrected chi connectivity index (χ0v) is 10.9. The molecule has 0 amide bonds. The van der Waals surface area contributed by atoms with Crippen molar-refractivity contribution in [1.82, 2.24) is 0 Å². The molecule has 86 valence electrons. The average molecular weight is 283 g/mol. The van der Waals surface area contributed by atoms with Crippen LogP contribution in [-0.2, 0) is 4.79 Å². The van der Waals surface area contributed by atoms with Crippen LogP contribution < -0.4 is 4.74 Å². The predicted molar refractivity (Wildman–Crippen MR) is 66.8 cm³/mol. The van der Waals surface area contributed by atoms with E-state index in [0.29, 0.717) is 12.2 Å². The molecule has 2 nitrogen and oxygen atoms in total. The van der Waals surface area contributed by atoms with Gasteiger partial charge in [0.1, 0.15) is 17.6 Å². The second-order valence-electron chi connectivity index (χ2n) is 4.28. The van der Waals surface area contributed by atoms with Gasteiger partial charge in [0.05, 0.1) is 0 Å². The summed E-state index contributed by atoms with van der Waals surface area (Å²) in [5.74, 6) is 1.22. The van der Waals surface area contributed by atoms with E-state index in [1.165, 1.54) is 0 Å². The van der Waals surface area contributed by atoms with Gasteiger partial charge in [-0.3, -0.25) is 4.79 Å². The Labute approximate surface area is 104 Å². The SMILES string of the molecule is Cc1cc(Br)ccc1OC1CCCC(=O)C1. The van der Waals surface area contributed by atoms with Crippen LogP contribution in [0.3, 0.4) is 0 Å².